The van der Waals surface area contributed by atoms with Gasteiger partial charge in [-0.3, -0.25) is 19.6 Å². The zero-order valence-corrected chi connectivity index (χ0v) is 17.6. The number of aromatic nitrogens is 3. The van der Waals surface area contributed by atoms with Crippen molar-refractivity contribution in [1.82, 2.24) is 24.4 Å². The van der Waals surface area contributed by atoms with Gasteiger partial charge in [0.1, 0.15) is 5.82 Å². The van der Waals surface area contributed by atoms with Crippen LogP contribution >= 0.6 is 0 Å². The van der Waals surface area contributed by atoms with E-state index in [1.165, 1.54) is 17.5 Å². The molecule has 2 aliphatic heterocycles. The number of benzene rings is 1. The number of hydrogen-bond donors (Lipinski definition) is 1. The van der Waals surface area contributed by atoms with E-state index >= 15 is 0 Å². The highest BCUT2D eigenvalue weighted by molar-refractivity contribution is 5.73. The Hall–Kier alpha value is -3.00. The first-order valence-corrected chi connectivity index (χ1v) is 10.9. The predicted octanol–water partition coefficient (Wildman–Crippen LogP) is 2.79. The molecular formula is C23H26FN5O2. The lowest BCUT2D eigenvalue weighted by atomic mass is 9.98. The Morgan fingerprint density at radius 1 is 1.26 bits per heavy atom. The van der Waals surface area contributed by atoms with Crippen molar-refractivity contribution in [3.63, 3.8) is 0 Å². The van der Waals surface area contributed by atoms with Crippen LogP contribution < -0.4 is 5.56 Å². The second-order valence-corrected chi connectivity index (χ2v) is 8.51. The SMILES string of the molecule is CC(=O)N1CCc2nc3cc(C4CCCCN4Cc4ccccc4F)[nH]n3c(=O)c2C1. The number of aromatic amines is 1. The van der Waals surface area contributed by atoms with Gasteiger partial charge in [-0.15, -0.1) is 0 Å². The van der Waals surface area contributed by atoms with Gasteiger partial charge in [0.05, 0.1) is 29.5 Å². The molecule has 2 aromatic heterocycles. The first-order chi connectivity index (χ1) is 15.0. The summed E-state index contributed by atoms with van der Waals surface area (Å²) in [6.07, 6.45) is 3.68. The first-order valence-electron chi connectivity index (χ1n) is 10.9. The van der Waals surface area contributed by atoms with Crippen molar-refractivity contribution < 1.29 is 9.18 Å². The highest BCUT2D eigenvalue weighted by Crippen LogP contribution is 2.32. The number of rotatable bonds is 3. The summed E-state index contributed by atoms with van der Waals surface area (Å²) >= 11 is 0. The molecule has 5 rings (SSSR count). The molecule has 31 heavy (non-hydrogen) atoms. The van der Waals surface area contributed by atoms with Gasteiger partial charge in [-0.1, -0.05) is 24.6 Å². The molecule has 2 aliphatic rings. The van der Waals surface area contributed by atoms with E-state index < -0.39 is 0 Å². The maximum absolute atomic E-state index is 14.2. The van der Waals surface area contributed by atoms with E-state index in [-0.39, 0.29) is 23.3 Å². The van der Waals surface area contributed by atoms with Gasteiger partial charge in [-0.2, -0.15) is 0 Å². The summed E-state index contributed by atoms with van der Waals surface area (Å²) in [6, 6.07) is 8.90. The molecule has 0 spiro atoms. The minimum atomic E-state index is -0.191. The molecular weight excluding hydrogens is 397 g/mol. The lowest BCUT2D eigenvalue weighted by molar-refractivity contribution is -0.129. The molecule has 1 fully saturated rings. The maximum atomic E-state index is 14.2. The highest BCUT2D eigenvalue weighted by Gasteiger charge is 2.28. The van der Waals surface area contributed by atoms with Crippen molar-refractivity contribution in [3.05, 3.63) is 69.0 Å². The summed E-state index contributed by atoms with van der Waals surface area (Å²) in [7, 11) is 0. The number of hydrogen-bond acceptors (Lipinski definition) is 4. The van der Waals surface area contributed by atoms with Crippen LogP contribution in [0.1, 0.15) is 54.7 Å². The molecule has 3 aromatic rings. The molecule has 8 heteroatoms. The number of carbonyl (C=O) groups excluding carboxylic acids is 1. The van der Waals surface area contributed by atoms with Crippen LogP contribution in [-0.2, 0) is 24.3 Å². The molecule has 0 aliphatic carbocycles. The Morgan fingerprint density at radius 3 is 2.90 bits per heavy atom. The van der Waals surface area contributed by atoms with Crippen LogP contribution in [0.15, 0.2) is 35.1 Å². The lowest BCUT2D eigenvalue weighted by Gasteiger charge is -2.35. The Labute approximate surface area is 179 Å². The predicted molar refractivity (Wildman–Crippen MR) is 114 cm³/mol. The normalized spacial score (nSPS) is 19.5. The van der Waals surface area contributed by atoms with Crippen molar-refractivity contribution in [2.75, 3.05) is 13.1 Å². The van der Waals surface area contributed by atoms with E-state index in [0.29, 0.717) is 42.8 Å². The van der Waals surface area contributed by atoms with Gasteiger partial charge in [-0.25, -0.2) is 13.9 Å². The first kappa shape index (κ1) is 19.9. The van der Waals surface area contributed by atoms with E-state index in [1.807, 2.05) is 18.2 Å². The van der Waals surface area contributed by atoms with Crippen molar-refractivity contribution >= 4 is 11.6 Å². The monoisotopic (exact) mass is 423 g/mol. The maximum Gasteiger partial charge on any atom is 0.277 e. The van der Waals surface area contributed by atoms with Crippen LogP contribution in [0, 0.1) is 5.82 Å². The molecule has 4 heterocycles. The Morgan fingerprint density at radius 2 is 2.10 bits per heavy atom. The van der Waals surface area contributed by atoms with E-state index in [1.54, 1.807) is 11.0 Å². The smallest absolute Gasteiger partial charge is 0.277 e. The third kappa shape index (κ3) is 3.65. The summed E-state index contributed by atoms with van der Waals surface area (Å²) < 4.78 is 15.7. The minimum Gasteiger partial charge on any atom is -0.338 e. The second-order valence-electron chi connectivity index (χ2n) is 8.51. The van der Waals surface area contributed by atoms with Gasteiger partial charge in [-0.05, 0) is 25.5 Å². The van der Waals surface area contributed by atoms with Crippen LogP contribution in [0.3, 0.4) is 0 Å². The number of nitrogens with zero attached hydrogens (tertiary/aromatic N) is 4. The zero-order chi connectivity index (χ0) is 21.5. The summed E-state index contributed by atoms with van der Waals surface area (Å²) in [5.74, 6) is -0.225. The van der Waals surface area contributed by atoms with Gasteiger partial charge in [0, 0.05) is 38.1 Å². The van der Waals surface area contributed by atoms with E-state index in [4.69, 9.17) is 4.98 Å². The van der Waals surface area contributed by atoms with Gasteiger partial charge < -0.3 is 4.90 Å². The molecule has 1 unspecified atom stereocenters. The number of carbonyl (C=O) groups is 1. The van der Waals surface area contributed by atoms with Gasteiger partial charge in [0.15, 0.2) is 5.65 Å². The largest absolute Gasteiger partial charge is 0.338 e. The standard InChI is InChI=1S/C23H26FN5O2/c1-15(30)27-11-9-19-17(14-27)23(31)29-22(25-19)12-20(26-29)21-8-4-5-10-28(21)13-16-6-2-3-7-18(16)24/h2-3,6-7,12,21,26H,4-5,8-11,13-14H2,1H3. The molecule has 1 aromatic carbocycles. The fourth-order valence-electron chi connectivity index (χ4n) is 4.82. The molecule has 162 valence electrons. The summed E-state index contributed by atoms with van der Waals surface area (Å²) in [6.45, 7) is 3.81. The van der Waals surface area contributed by atoms with E-state index in [9.17, 15) is 14.0 Å². The van der Waals surface area contributed by atoms with Gasteiger partial charge in [0.2, 0.25) is 5.91 Å². The molecule has 1 amide bonds. The second kappa shape index (κ2) is 7.92. The summed E-state index contributed by atoms with van der Waals surface area (Å²) in [5, 5.41) is 3.26. The number of likely N-dealkylation sites (tertiary alicyclic amines) is 1. The quantitative estimate of drug-likeness (QED) is 0.703. The number of fused-ring (bicyclic) bond motifs is 2. The van der Waals surface area contributed by atoms with E-state index in [2.05, 4.69) is 10.00 Å². The molecule has 7 nitrogen and oxygen atoms in total. The molecule has 1 atom stereocenters. The molecule has 1 saturated heterocycles. The lowest BCUT2D eigenvalue weighted by Crippen LogP contribution is -2.39. The van der Waals surface area contributed by atoms with Crippen LogP contribution in [0.4, 0.5) is 4.39 Å². The summed E-state index contributed by atoms with van der Waals surface area (Å²) in [4.78, 5) is 33.6. The van der Waals surface area contributed by atoms with Crippen LogP contribution in [0.5, 0.6) is 0 Å². The van der Waals surface area contributed by atoms with Crippen LogP contribution in [0.2, 0.25) is 0 Å². The number of halogens is 1. The molecule has 0 radical (unpaired) electrons. The molecule has 0 bridgehead atoms. The molecule has 0 saturated carbocycles. The number of piperidine rings is 1. The average molecular weight is 423 g/mol. The van der Waals surface area contributed by atoms with Crippen LogP contribution in [0.25, 0.3) is 5.65 Å². The average Bonchev–Trinajstić information content (AvgIpc) is 3.20. The minimum absolute atomic E-state index is 0.0340. The van der Waals surface area contributed by atoms with Gasteiger partial charge in [0.25, 0.3) is 5.56 Å². The van der Waals surface area contributed by atoms with E-state index in [0.717, 1.165) is 37.2 Å². The highest BCUT2D eigenvalue weighted by atomic mass is 19.1. The Bertz CT molecular complexity index is 1200. The van der Waals surface area contributed by atoms with Crippen LogP contribution in [-0.4, -0.2) is 43.4 Å². The Balaban J connectivity index is 1.49. The molecule has 1 N–H and O–H groups in total. The topological polar surface area (TPSA) is 73.7 Å². The summed E-state index contributed by atoms with van der Waals surface area (Å²) in [5.41, 5.74) is 3.42. The van der Waals surface area contributed by atoms with Crippen molar-refractivity contribution in [1.29, 1.82) is 0 Å². The van der Waals surface area contributed by atoms with Crippen molar-refractivity contribution in [2.24, 2.45) is 0 Å². The van der Waals surface area contributed by atoms with Crippen molar-refractivity contribution in [3.8, 4) is 0 Å². The van der Waals surface area contributed by atoms with Crippen molar-refractivity contribution in [2.45, 2.75) is 51.7 Å². The van der Waals surface area contributed by atoms with Gasteiger partial charge >= 0.3 is 0 Å². The fourth-order valence-corrected chi connectivity index (χ4v) is 4.82. The third-order valence-corrected chi connectivity index (χ3v) is 6.53. The zero-order valence-electron chi connectivity index (χ0n) is 17.6. The number of nitrogens with one attached hydrogen (secondary N) is 1. The Kier molecular flexibility index (Phi) is 5.09. The number of amides is 1. The fraction of sp³-hybridized carbons (Fsp3) is 0.435. The number of H-pyrrole nitrogens is 1. The third-order valence-electron chi connectivity index (χ3n) is 6.53.